The first-order valence-corrected chi connectivity index (χ1v) is 9.82. The van der Waals surface area contributed by atoms with Crippen LogP contribution in [0.4, 0.5) is 5.82 Å². The van der Waals surface area contributed by atoms with E-state index in [-0.39, 0.29) is 0 Å². The number of anilines is 1. The smallest absolute Gasteiger partial charge is 0.128 e. The SMILES string of the molecule is COc1ccc(CN(CCN(C)C)c2ccccn2)cc1.c1cc2[nH]cnc2cn1. The summed E-state index contributed by atoms with van der Waals surface area (Å²) < 4.78 is 5.21. The van der Waals surface area contributed by atoms with Crippen molar-refractivity contribution in [3.63, 3.8) is 0 Å². The van der Waals surface area contributed by atoms with Gasteiger partial charge < -0.3 is 19.5 Å². The molecule has 1 N–H and O–H groups in total. The first-order valence-electron chi connectivity index (χ1n) is 9.82. The monoisotopic (exact) mass is 404 g/mol. The van der Waals surface area contributed by atoms with Gasteiger partial charge in [0.05, 0.1) is 25.2 Å². The van der Waals surface area contributed by atoms with Gasteiger partial charge in [-0.3, -0.25) is 4.98 Å². The minimum Gasteiger partial charge on any atom is -0.497 e. The number of aromatic nitrogens is 4. The van der Waals surface area contributed by atoms with Crippen molar-refractivity contribution in [3.8, 4) is 5.75 Å². The molecule has 3 heterocycles. The van der Waals surface area contributed by atoms with Crippen LogP contribution in [0.2, 0.25) is 0 Å². The summed E-state index contributed by atoms with van der Waals surface area (Å²) in [4.78, 5) is 19.8. The molecule has 0 fully saturated rings. The summed E-state index contributed by atoms with van der Waals surface area (Å²) in [5, 5.41) is 0. The number of methoxy groups -OCH3 is 1. The number of H-pyrrole nitrogens is 1. The standard InChI is InChI=1S/C17H23N3O.C6H5N3/c1-19(2)12-13-20(17-6-4-5-11-18-17)14-15-7-9-16(21-3)10-8-15;1-2-7-3-6-5(1)8-4-9-6/h4-11H,12-14H2,1-3H3;1-4H,(H,8,9). The fraction of sp³-hybridized carbons (Fsp3) is 0.261. The van der Waals surface area contributed by atoms with Gasteiger partial charge in [0.1, 0.15) is 17.1 Å². The van der Waals surface area contributed by atoms with Gasteiger partial charge in [0.25, 0.3) is 0 Å². The fourth-order valence-corrected chi connectivity index (χ4v) is 2.87. The van der Waals surface area contributed by atoms with Crippen molar-refractivity contribution in [2.24, 2.45) is 0 Å². The van der Waals surface area contributed by atoms with Crippen LogP contribution in [0.1, 0.15) is 5.56 Å². The van der Waals surface area contributed by atoms with E-state index < -0.39 is 0 Å². The van der Waals surface area contributed by atoms with Crippen molar-refractivity contribution in [2.75, 3.05) is 39.2 Å². The first kappa shape index (κ1) is 21.3. The number of hydrogen-bond acceptors (Lipinski definition) is 6. The molecule has 0 amide bonds. The topological polar surface area (TPSA) is 70.2 Å². The average Bonchev–Trinajstić information content (AvgIpc) is 3.27. The first-order chi connectivity index (χ1) is 14.7. The molecule has 0 unspecified atom stereocenters. The Balaban J connectivity index is 0.000000234. The number of nitrogens with zero attached hydrogens (tertiary/aromatic N) is 5. The number of aromatic amines is 1. The number of fused-ring (bicyclic) bond motifs is 1. The molecule has 7 heteroatoms. The van der Waals surface area contributed by atoms with Crippen LogP contribution < -0.4 is 9.64 Å². The van der Waals surface area contributed by atoms with Gasteiger partial charge in [0, 0.05) is 32.0 Å². The van der Waals surface area contributed by atoms with Gasteiger partial charge in [-0.1, -0.05) is 18.2 Å². The molecule has 0 atom stereocenters. The Labute approximate surface area is 177 Å². The average molecular weight is 405 g/mol. The summed E-state index contributed by atoms with van der Waals surface area (Å²) in [7, 11) is 5.86. The van der Waals surface area contributed by atoms with Gasteiger partial charge >= 0.3 is 0 Å². The molecule has 0 aliphatic carbocycles. The van der Waals surface area contributed by atoms with Crippen LogP contribution in [0.15, 0.2) is 73.4 Å². The molecule has 0 saturated carbocycles. The number of ether oxygens (including phenoxy) is 1. The van der Waals surface area contributed by atoms with E-state index in [1.807, 2.05) is 36.5 Å². The molecule has 0 aliphatic rings. The van der Waals surface area contributed by atoms with Crippen LogP contribution in [0.3, 0.4) is 0 Å². The summed E-state index contributed by atoms with van der Waals surface area (Å²) in [5.41, 5.74) is 3.20. The van der Waals surface area contributed by atoms with Crippen molar-refractivity contribution in [3.05, 3.63) is 79.0 Å². The molecular weight excluding hydrogens is 376 g/mol. The lowest BCUT2D eigenvalue weighted by Gasteiger charge is -2.25. The van der Waals surface area contributed by atoms with E-state index in [0.29, 0.717) is 0 Å². The van der Waals surface area contributed by atoms with Crippen molar-refractivity contribution in [1.82, 2.24) is 24.8 Å². The summed E-state index contributed by atoms with van der Waals surface area (Å²) in [5.74, 6) is 1.89. The maximum absolute atomic E-state index is 5.21. The van der Waals surface area contributed by atoms with Crippen LogP contribution in [-0.4, -0.2) is 59.1 Å². The number of imidazole rings is 1. The van der Waals surface area contributed by atoms with E-state index in [4.69, 9.17) is 4.74 Å². The largest absolute Gasteiger partial charge is 0.497 e. The van der Waals surface area contributed by atoms with Crippen LogP contribution in [-0.2, 0) is 6.54 Å². The molecule has 4 aromatic rings. The molecule has 0 saturated heterocycles. The highest BCUT2D eigenvalue weighted by Gasteiger charge is 2.09. The second kappa shape index (κ2) is 10.9. The minimum atomic E-state index is 0.842. The van der Waals surface area contributed by atoms with Crippen molar-refractivity contribution < 1.29 is 4.74 Å². The quantitative estimate of drug-likeness (QED) is 0.507. The third kappa shape index (κ3) is 6.28. The van der Waals surface area contributed by atoms with E-state index in [1.54, 1.807) is 25.8 Å². The summed E-state index contributed by atoms with van der Waals surface area (Å²) in [6.07, 6.45) is 6.96. The summed E-state index contributed by atoms with van der Waals surface area (Å²) in [6, 6.07) is 16.1. The van der Waals surface area contributed by atoms with E-state index in [9.17, 15) is 0 Å². The van der Waals surface area contributed by atoms with E-state index in [0.717, 1.165) is 42.2 Å². The van der Waals surface area contributed by atoms with Gasteiger partial charge in [-0.15, -0.1) is 0 Å². The third-order valence-corrected chi connectivity index (χ3v) is 4.55. The van der Waals surface area contributed by atoms with Gasteiger partial charge in [0.2, 0.25) is 0 Å². The highest BCUT2D eigenvalue weighted by molar-refractivity contribution is 5.72. The van der Waals surface area contributed by atoms with Crippen molar-refractivity contribution in [1.29, 1.82) is 0 Å². The van der Waals surface area contributed by atoms with Crippen LogP contribution in [0.5, 0.6) is 5.75 Å². The fourth-order valence-electron chi connectivity index (χ4n) is 2.87. The second-order valence-corrected chi connectivity index (χ2v) is 7.06. The predicted octanol–water partition coefficient (Wildman–Crippen LogP) is 3.62. The van der Waals surface area contributed by atoms with E-state index in [2.05, 4.69) is 62.0 Å². The molecule has 30 heavy (non-hydrogen) atoms. The molecule has 4 rings (SSSR count). The number of benzene rings is 1. The predicted molar refractivity (Wildman–Crippen MR) is 121 cm³/mol. The molecule has 0 bridgehead atoms. The number of rotatable bonds is 7. The Hall–Kier alpha value is -3.45. The zero-order valence-electron chi connectivity index (χ0n) is 17.7. The van der Waals surface area contributed by atoms with Crippen LogP contribution in [0.25, 0.3) is 11.0 Å². The van der Waals surface area contributed by atoms with Crippen molar-refractivity contribution >= 4 is 16.9 Å². The van der Waals surface area contributed by atoms with Gasteiger partial charge in [0.15, 0.2) is 0 Å². The lowest BCUT2D eigenvalue weighted by molar-refractivity contribution is 0.411. The highest BCUT2D eigenvalue weighted by atomic mass is 16.5. The van der Waals surface area contributed by atoms with Crippen molar-refractivity contribution in [2.45, 2.75) is 6.54 Å². The maximum Gasteiger partial charge on any atom is 0.128 e. The molecule has 3 aromatic heterocycles. The highest BCUT2D eigenvalue weighted by Crippen LogP contribution is 2.16. The van der Waals surface area contributed by atoms with E-state index in [1.165, 1.54) is 5.56 Å². The van der Waals surface area contributed by atoms with Gasteiger partial charge in [-0.25, -0.2) is 9.97 Å². The Morgan fingerprint density at radius 1 is 0.933 bits per heavy atom. The Morgan fingerprint density at radius 3 is 2.43 bits per heavy atom. The number of pyridine rings is 2. The van der Waals surface area contributed by atoms with Crippen LogP contribution >= 0.6 is 0 Å². The molecular formula is C23H28N6O. The maximum atomic E-state index is 5.21. The van der Waals surface area contributed by atoms with Gasteiger partial charge in [-0.05, 0) is 50.0 Å². The lowest BCUT2D eigenvalue weighted by atomic mass is 10.2. The van der Waals surface area contributed by atoms with Crippen LogP contribution in [0, 0.1) is 0 Å². The number of hydrogen-bond donors (Lipinski definition) is 1. The van der Waals surface area contributed by atoms with E-state index >= 15 is 0 Å². The second-order valence-electron chi connectivity index (χ2n) is 7.06. The zero-order chi connectivity index (χ0) is 21.2. The molecule has 156 valence electrons. The molecule has 1 aromatic carbocycles. The lowest BCUT2D eigenvalue weighted by Crippen LogP contribution is -2.31. The van der Waals surface area contributed by atoms with Gasteiger partial charge in [-0.2, -0.15) is 0 Å². The normalized spacial score (nSPS) is 10.5. The summed E-state index contributed by atoms with van der Waals surface area (Å²) >= 11 is 0. The Kier molecular flexibility index (Phi) is 7.74. The molecule has 0 radical (unpaired) electrons. The number of nitrogens with one attached hydrogen (secondary N) is 1. The zero-order valence-corrected chi connectivity index (χ0v) is 17.7. The Bertz CT molecular complexity index is 971. The molecule has 0 spiro atoms. The molecule has 7 nitrogen and oxygen atoms in total. The minimum absolute atomic E-state index is 0.842. The molecule has 0 aliphatic heterocycles. The third-order valence-electron chi connectivity index (χ3n) is 4.55. The summed E-state index contributed by atoms with van der Waals surface area (Å²) in [6.45, 7) is 2.78. The number of likely N-dealkylation sites (N-methyl/N-ethyl adjacent to an activating group) is 1. The Morgan fingerprint density at radius 2 is 1.77 bits per heavy atom.